The van der Waals surface area contributed by atoms with Gasteiger partial charge >= 0.3 is 5.97 Å². The number of benzene rings is 4. The number of anilines is 1. The number of halogens is 1. The highest BCUT2D eigenvalue weighted by Crippen LogP contribution is 2.30. The Labute approximate surface area is 231 Å². The summed E-state index contributed by atoms with van der Waals surface area (Å²) in [7, 11) is -4.08. The van der Waals surface area contributed by atoms with Gasteiger partial charge in [0.1, 0.15) is 0 Å². The minimum atomic E-state index is -4.08. The Morgan fingerprint density at radius 3 is 2.21 bits per heavy atom. The molecule has 0 aliphatic heterocycles. The molecule has 0 radical (unpaired) electrons. The summed E-state index contributed by atoms with van der Waals surface area (Å²) in [6.07, 6.45) is 1.36. The highest BCUT2D eigenvalue weighted by atomic mass is 35.5. The molecule has 0 aliphatic rings. The van der Waals surface area contributed by atoms with Crippen molar-refractivity contribution in [3.05, 3.63) is 130 Å². The number of hydrazone groups is 1. The third-order valence-electron chi connectivity index (χ3n) is 5.80. The van der Waals surface area contributed by atoms with E-state index in [2.05, 4.69) is 10.5 Å². The van der Waals surface area contributed by atoms with E-state index in [1.807, 2.05) is 6.92 Å². The number of aryl methyl sites for hydroxylation is 1. The van der Waals surface area contributed by atoms with Crippen LogP contribution in [0.5, 0.6) is 0 Å². The Bertz CT molecular complexity index is 1620. The second-order valence-corrected chi connectivity index (χ2v) is 10.9. The number of carbonyl (C=O) groups excluding carboxylic acids is 1. The smallest absolute Gasteiger partial charge is 0.335 e. The van der Waals surface area contributed by atoms with Crippen LogP contribution in [0.1, 0.15) is 37.4 Å². The lowest BCUT2D eigenvalue weighted by Crippen LogP contribution is -2.33. The van der Waals surface area contributed by atoms with Crippen LogP contribution in [0, 0.1) is 6.92 Å². The molecule has 0 bridgehead atoms. The minimum Gasteiger partial charge on any atom is -0.478 e. The number of sulfonamides is 1. The molecule has 198 valence electrons. The molecule has 0 atom stereocenters. The number of hydrogen-bond donors (Lipinski definition) is 2. The van der Waals surface area contributed by atoms with Gasteiger partial charge < -0.3 is 5.11 Å². The molecule has 0 unspecified atom stereocenters. The fourth-order valence-electron chi connectivity index (χ4n) is 3.71. The number of carbonyl (C=O) groups is 2. The molecule has 1 amide bonds. The molecule has 4 rings (SSSR count). The van der Waals surface area contributed by atoms with Gasteiger partial charge in [-0.2, -0.15) is 5.10 Å². The van der Waals surface area contributed by atoms with E-state index in [1.165, 1.54) is 40.9 Å². The van der Waals surface area contributed by atoms with Gasteiger partial charge in [0.05, 0.1) is 34.5 Å². The van der Waals surface area contributed by atoms with Gasteiger partial charge in [0.2, 0.25) is 0 Å². The van der Waals surface area contributed by atoms with Crippen LogP contribution in [-0.4, -0.2) is 31.6 Å². The predicted molar refractivity (Wildman–Crippen MR) is 151 cm³/mol. The first kappa shape index (κ1) is 27.6. The van der Waals surface area contributed by atoms with Crippen molar-refractivity contribution in [2.75, 3.05) is 4.31 Å². The lowest BCUT2D eigenvalue weighted by atomic mass is 10.1. The summed E-state index contributed by atoms with van der Waals surface area (Å²) in [5.41, 5.74) is 4.98. The number of nitrogens with zero attached hydrogens (tertiary/aromatic N) is 2. The van der Waals surface area contributed by atoms with Crippen molar-refractivity contribution in [3.8, 4) is 0 Å². The molecule has 39 heavy (non-hydrogen) atoms. The molecule has 0 saturated carbocycles. The zero-order chi connectivity index (χ0) is 28.0. The van der Waals surface area contributed by atoms with Crippen molar-refractivity contribution < 1.29 is 23.1 Å². The first-order valence-electron chi connectivity index (χ1n) is 11.7. The van der Waals surface area contributed by atoms with E-state index >= 15 is 0 Å². The molecule has 0 aliphatic carbocycles. The van der Waals surface area contributed by atoms with E-state index in [1.54, 1.807) is 66.7 Å². The highest BCUT2D eigenvalue weighted by molar-refractivity contribution is 7.92. The van der Waals surface area contributed by atoms with Gasteiger partial charge in [-0.3, -0.25) is 9.10 Å². The van der Waals surface area contributed by atoms with E-state index < -0.39 is 21.9 Å². The number of amides is 1. The Balaban J connectivity index is 1.67. The maximum Gasteiger partial charge on any atom is 0.335 e. The number of para-hydroxylation sites is 1. The molecule has 4 aromatic carbocycles. The van der Waals surface area contributed by atoms with E-state index in [0.29, 0.717) is 16.1 Å². The van der Waals surface area contributed by atoms with Crippen molar-refractivity contribution in [2.45, 2.75) is 18.4 Å². The van der Waals surface area contributed by atoms with Crippen LogP contribution < -0.4 is 9.73 Å². The predicted octanol–water partition coefficient (Wildman–Crippen LogP) is 5.51. The number of carboxylic acids is 1. The van der Waals surface area contributed by atoms with Gasteiger partial charge in [-0.15, -0.1) is 0 Å². The summed E-state index contributed by atoms with van der Waals surface area (Å²) in [6.45, 7) is 1.82. The zero-order valence-electron chi connectivity index (χ0n) is 20.8. The summed E-state index contributed by atoms with van der Waals surface area (Å²) in [4.78, 5) is 24.3. The van der Waals surface area contributed by atoms with E-state index in [9.17, 15) is 18.0 Å². The summed E-state index contributed by atoms with van der Waals surface area (Å²) in [5.74, 6) is -1.67. The number of rotatable bonds is 9. The third kappa shape index (κ3) is 6.70. The Morgan fingerprint density at radius 1 is 0.923 bits per heavy atom. The van der Waals surface area contributed by atoms with Gasteiger partial charge in [0, 0.05) is 5.02 Å². The zero-order valence-corrected chi connectivity index (χ0v) is 22.4. The van der Waals surface area contributed by atoms with Crippen LogP contribution in [0.2, 0.25) is 5.02 Å². The van der Waals surface area contributed by atoms with Crippen LogP contribution in [0.4, 0.5) is 5.69 Å². The Hall–Kier alpha value is -4.47. The Kier molecular flexibility index (Phi) is 8.43. The van der Waals surface area contributed by atoms with Gasteiger partial charge in [-0.25, -0.2) is 18.6 Å². The molecule has 0 spiro atoms. The molecule has 2 N–H and O–H groups in total. The topological polar surface area (TPSA) is 116 Å². The molecule has 0 aromatic heterocycles. The number of hydrogen-bond acceptors (Lipinski definition) is 5. The summed E-state index contributed by atoms with van der Waals surface area (Å²) in [5, 5.41) is 13.5. The van der Waals surface area contributed by atoms with Crippen LogP contribution in [0.3, 0.4) is 0 Å². The number of carboxylic acid groups (broad SMARTS) is 1. The number of nitrogens with one attached hydrogen (secondary N) is 1. The standard InChI is InChI=1S/C29H24ClN3O5S/c1-20-6-16-25(17-7-20)39(37,38)33(19-22-10-14-24(30)15-11-22)27-5-3-2-4-26(27)28(34)32-31-18-21-8-12-23(13-9-21)29(35)36/h2-18H,19H2,1H3,(H,32,34)(H,35,36)/b31-18+. The van der Waals surface area contributed by atoms with E-state index in [4.69, 9.17) is 16.7 Å². The molecule has 10 heteroatoms. The van der Waals surface area contributed by atoms with Crippen LogP contribution in [-0.2, 0) is 16.6 Å². The van der Waals surface area contributed by atoms with Crippen LogP contribution in [0.25, 0.3) is 0 Å². The quantitative estimate of drug-likeness (QED) is 0.206. The average molecular weight is 562 g/mol. The van der Waals surface area contributed by atoms with Crippen LogP contribution in [0.15, 0.2) is 107 Å². The SMILES string of the molecule is Cc1ccc(S(=O)(=O)N(Cc2ccc(Cl)cc2)c2ccccc2C(=O)N/N=C/c2ccc(C(=O)O)cc2)cc1. The minimum absolute atomic E-state index is 0.0448. The molecule has 4 aromatic rings. The number of aromatic carboxylic acids is 1. The first-order valence-corrected chi connectivity index (χ1v) is 13.6. The summed E-state index contributed by atoms with van der Waals surface area (Å²) in [6, 6.07) is 25.6. The monoisotopic (exact) mass is 561 g/mol. The van der Waals surface area contributed by atoms with Crippen molar-refractivity contribution in [3.63, 3.8) is 0 Å². The van der Waals surface area contributed by atoms with Gasteiger partial charge in [-0.1, -0.05) is 65.7 Å². The third-order valence-corrected chi connectivity index (χ3v) is 7.83. The fraction of sp³-hybridized carbons (Fsp3) is 0.0690. The normalized spacial score (nSPS) is 11.3. The average Bonchev–Trinajstić information content (AvgIpc) is 2.93. The highest BCUT2D eigenvalue weighted by Gasteiger charge is 2.28. The van der Waals surface area contributed by atoms with E-state index in [0.717, 1.165) is 5.56 Å². The molecule has 8 nitrogen and oxygen atoms in total. The van der Waals surface area contributed by atoms with Gasteiger partial charge in [0.25, 0.3) is 15.9 Å². The van der Waals surface area contributed by atoms with Crippen molar-refractivity contribution in [2.24, 2.45) is 5.10 Å². The van der Waals surface area contributed by atoms with Gasteiger partial charge in [-0.05, 0) is 66.6 Å². The molecular weight excluding hydrogens is 538 g/mol. The lowest BCUT2D eigenvalue weighted by molar-refractivity contribution is 0.0696. The maximum atomic E-state index is 13.9. The van der Waals surface area contributed by atoms with Gasteiger partial charge in [0.15, 0.2) is 0 Å². The van der Waals surface area contributed by atoms with Crippen molar-refractivity contribution in [1.29, 1.82) is 0 Å². The maximum absolute atomic E-state index is 13.9. The first-order chi connectivity index (χ1) is 18.6. The lowest BCUT2D eigenvalue weighted by Gasteiger charge is -2.26. The molecule has 0 fully saturated rings. The molecule has 0 saturated heterocycles. The molecular formula is C29H24ClN3O5S. The van der Waals surface area contributed by atoms with Crippen LogP contribution >= 0.6 is 11.6 Å². The summed E-state index contributed by atoms with van der Waals surface area (Å²) < 4.78 is 28.9. The second-order valence-electron chi connectivity index (χ2n) is 8.59. The fourth-order valence-corrected chi connectivity index (χ4v) is 5.31. The van der Waals surface area contributed by atoms with E-state index in [-0.39, 0.29) is 28.3 Å². The summed E-state index contributed by atoms with van der Waals surface area (Å²) >= 11 is 6.02. The molecule has 0 heterocycles. The van der Waals surface area contributed by atoms with Crippen molar-refractivity contribution in [1.82, 2.24) is 5.43 Å². The van der Waals surface area contributed by atoms with Crippen molar-refractivity contribution >= 4 is 45.4 Å². The largest absolute Gasteiger partial charge is 0.478 e. The Morgan fingerprint density at radius 2 is 1.56 bits per heavy atom. The second kappa shape index (κ2) is 11.9.